The number of hydrogen-bond donors (Lipinski definition) is 1. The van der Waals surface area contributed by atoms with Gasteiger partial charge < -0.3 is 15.5 Å². The third kappa shape index (κ3) is 2.17. The second-order valence-electron chi connectivity index (χ2n) is 2.93. The average Bonchev–Trinajstić information content (AvgIpc) is 2.05. The zero-order valence-electron chi connectivity index (χ0n) is 7.05. The second kappa shape index (κ2) is 3.69. The van der Waals surface area contributed by atoms with Crippen molar-refractivity contribution in [3.63, 3.8) is 0 Å². The maximum Gasteiger partial charge on any atom is 0.277 e. The number of nitrogens with zero attached hydrogens (tertiary/aromatic N) is 2. The van der Waals surface area contributed by atoms with E-state index in [4.69, 9.17) is 0 Å². The van der Waals surface area contributed by atoms with Crippen LogP contribution in [0.25, 0.3) is 0 Å². The zero-order valence-corrected chi connectivity index (χ0v) is 7.05. The Morgan fingerprint density at radius 2 is 1.91 bits per heavy atom. The van der Waals surface area contributed by atoms with E-state index in [0.717, 1.165) is 26.2 Å². The summed E-state index contributed by atoms with van der Waals surface area (Å²) in [6.07, 6.45) is 0. The Balaban J connectivity index is 2.33. The highest BCUT2D eigenvalue weighted by Gasteiger charge is 2.18. The van der Waals surface area contributed by atoms with Gasteiger partial charge in [0, 0.05) is 26.2 Å². The van der Waals surface area contributed by atoms with Crippen molar-refractivity contribution in [2.24, 2.45) is 0 Å². The highest BCUT2D eigenvalue weighted by Crippen LogP contribution is 1.97. The smallest absolute Gasteiger partial charge is 0.277 e. The van der Waals surface area contributed by atoms with E-state index in [1.54, 1.807) is 0 Å². The van der Waals surface area contributed by atoms with Gasteiger partial charge in [0.25, 0.3) is 5.91 Å². The molecule has 4 nitrogen and oxygen atoms in total. The molecule has 3 N–H and O–H groups in total. The van der Waals surface area contributed by atoms with Crippen LogP contribution in [0.5, 0.6) is 0 Å². The number of quaternary nitrogens is 1. The molecule has 0 aliphatic carbocycles. The third-order valence-electron chi connectivity index (χ3n) is 2.07. The Kier molecular flexibility index (Phi) is 2.84. The summed E-state index contributed by atoms with van der Waals surface area (Å²) in [5, 5.41) is 0. The van der Waals surface area contributed by atoms with Gasteiger partial charge in [-0.2, -0.15) is 0 Å². The Morgan fingerprint density at radius 1 is 1.36 bits per heavy atom. The van der Waals surface area contributed by atoms with Crippen molar-refractivity contribution in [1.29, 1.82) is 0 Å². The largest absolute Gasteiger partial charge is 0.350 e. The van der Waals surface area contributed by atoms with E-state index in [-0.39, 0.29) is 5.91 Å². The molecule has 0 atom stereocenters. The molecular weight excluding hydrogens is 142 g/mol. The Bertz CT molecular complexity index is 141. The number of hydrogen-bond acceptors (Lipinski definition) is 2. The average molecular weight is 158 g/mol. The van der Waals surface area contributed by atoms with Crippen molar-refractivity contribution in [3.05, 3.63) is 0 Å². The highest BCUT2D eigenvalue weighted by atomic mass is 16.2. The van der Waals surface area contributed by atoms with Gasteiger partial charge >= 0.3 is 0 Å². The monoisotopic (exact) mass is 158 g/mol. The van der Waals surface area contributed by atoms with E-state index in [1.807, 2.05) is 4.90 Å². The van der Waals surface area contributed by atoms with Crippen LogP contribution in [0.2, 0.25) is 0 Å². The van der Waals surface area contributed by atoms with Gasteiger partial charge in [0.05, 0.1) is 0 Å². The summed E-state index contributed by atoms with van der Waals surface area (Å²) in [4.78, 5) is 15.2. The first-order valence-electron chi connectivity index (χ1n) is 3.99. The standard InChI is InChI=1S/C7H15N3O/c1-9-2-4-10(5-3-9)7(11)6-8/h2-6,8H2,1H3/p+1. The molecular formula is C7H16N3O+. The number of piperazine rings is 1. The number of carbonyl (C=O) groups excluding carboxylic acids is 1. The molecule has 1 aliphatic rings. The molecule has 0 aromatic rings. The van der Waals surface area contributed by atoms with Crippen LogP contribution >= 0.6 is 0 Å². The maximum absolute atomic E-state index is 11.1. The van der Waals surface area contributed by atoms with Gasteiger partial charge in [-0.3, -0.25) is 4.79 Å². The topological polar surface area (TPSA) is 51.2 Å². The SMILES string of the molecule is CN1CCN(C(=O)C[NH3+])CC1. The minimum Gasteiger partial charge on any atom is -0.350 e. The first-order valence-corrected chi connectivity index (χ1v) is 3.99. The molecule has 0 bridgehead atoms. The van der Waals surface area contributed by atoms with Gasteiger partial charge in [-0.1, -0.05) is 0 Å². The molecule has 1 saturated heterocycles. The lowest BCUT2D eigenvalue weighted by Crippen LogP contribution is -2.60. The summed E-state index contributed by atoms with van der Waals surface area (Å²) in [7, 11) is 2.08. The van der Waals surface area contributed by atoms with Gasteiger partial charge in [-0.25, -0.2) is 0 Å². The summed E-state index contributed by atoms with van der Waals surface area (Å²) in [5.74, 6) is 0.179. The van der Waals surface area contributed by atoms with Crippen molar-refractivity contribution >= 4 is 5.91 Å². The van der Waals surface area contributed by atoms with Gasteiger partial charge in [-0.15, -0.1) is 0 Å². The minimum atomic E-state index is 0.179. The summed E-state index contributed by atoms with van der Waals surface area (Å²) >= 11 is 0. The van der Waals surface area contributed by atoms with Crippen molar-refractivity contribution in [2.75, 3.05) is 39.8 Å². The third-order valence-corrected chi connectivity index (χ3v) is 2.07. The lowest BCUT2D eigenvalue weighted by Gasteiger charge is -2.31. The summed E-state index contributed by atoms with van der Waals surface area (Å²) in [6, 6.07) is 0. The van der Waals surface area contributed by atoms with Crippen LogP contribution in [0.3, 0.4) is 0 Å². The van der Waals surface area contributed by atoms with Crippen molar-refractivity contribution in [1.82, 2.24) is 9.80 Å². The van der Waals surface area contributed by atoms with E-state index in [9.17, 15) is 4.79 Å². The van der Waals surface area contributed by atoms with Gasteiger partial charge in [0.1, 0.15) is 0 Å². The van der Waals surface area contributed by atoms with E-state index < -0.39 is 0 Å². The van der Waals surface area contributed by atoms with Crippen molar-refractivity contribution in [3.8, 4) is 0 Å². The Labute approximate surface area is 66.9 Å². The number of rotatable bonds is 1. The van der Waals surface area contributed by atoms with E-state index >= 15 is 0 Å². The summed E-state index contributed by atoms with van der Waals surface area (Å²) in [6.45, 7) is 4.11. The molecule has 1 heterocycles. The van der Waals surface area contributed by atoms with Crippen LogP contribution in [0, 0.1) is 0 Å². The molecule has 11 heavy (non-hydrogen) atoms. The second-order valence-corrected chi connectivity index (χ2v) is 2.93. The van der Waals surface area contributed by atoms with Crippen LogP contribution in [0.1, 0.15) is 0 Å². The summed E-state index contributed by atoms with van der Waals surface area (Å²) in [5.41, 5.74) is 3.58. The Hall–Kier alpha value is -0.610. The molecule has 64 valence electrons. The highest BCUT2D eigenvalue weighted by molar-refractivity contribution is 5.76. The van der Waals surface area contributed by atoms with Crippen LogP contribution < -0.4 is 5.73 Å². The number of likely N-dealkylation sites (N-methyl/N-ethyl adjacent to an activating group) is 1. The fraction of sp³-hybridized carbons (Fsp3) is 0.857. The molecule has 1 aliphatic heterocycles. The molecule has 0 spiro atoms. The van der Waals surface area contributed by atoms with Gasteiger partial charge in [0.2, 0.25) is 0 Å². The lowest BCUT2D eigenvalue weighted by atomic mass is 10.3. The molecule has 0 saturated carbocycles. The molecule has 1 amide bonds. The molecule has 1 rings (SSSR count). The van der Waals surface area contributed by atoms with Crippen molar-refractivity contribution in [2.45, 2.75) is 0 Å². The van der Waals surface area contributed by atoms with Crippen LogP contribution in [0.4, 0.5) is 0 Å². The fourth-order valence-corrected chi connectivity index (χ4v) is 1.21. The number of amides is 1. The summed E-state index contributed by atoms with van der Waals surface area (Å²) < 4.78 is 0. The quantitative estimate of drug-likeness (QED) is 0.480. The minimum absolute atomic E-state index is 0.179. The Morgan fingerprint density at radius 3 is 2.36 bits per heavy atom. The fourth-order valence-electron chi connectivity index (χ4n) is 1.21. The lowest BCUT2D eigenvalue weighted by molar-refractivity contribution is -0.357. The maximum atomic E-state index is 11.1. The molecule has 1 fully saturated rings. The van der Waals surface area contributed by atoms with Crippen molar-refractivity contribution < 1.29 is 10.5 Å². The van der Waals surface area contributed by atoms with Crippen LogP contribution in [0.15, 0.2) is 0 Å². The van der Waals surface area contributed by atoms with E-state index in [2.05, 4.69) is 17.7 Å². The van der Waals surface area contributed by atoms with E-state index in [0.29, 0.717) is 6.54 Å². The molecule has 0 aromatic carbocycles. The first kappa shape index (κ1) is 8.49. The predicted molar refractivity (Wildman–Crippen MR) is 41.8 cm³/mol. The van der Waals surface area contributed by atoms with Gasteiger partial charge in [0.15, 0.2) is 6.54 Å². The zero-order chi connectivity index (χ0) is 8.27. The molecule has 0 radical (unpaired) electrons. The van der Waals surface area contributed by atoms with Crippen LogP contribution in [-0.2, 0) is 4.79 Å². The van der Waals surface area contributed by atoms with Gasteiger partial charge in [-0.05, 0) is 7.05 Å². The molecule has 4 heteroatoms. The first-order chi connectivity index (χ1) is 5.24. The predicted octanol–water partition coefficient (Wildman–Crippen LogP) is -2.00. The number of carbonyl (C=O) groups is 1. The van der Waals surface area contributed by atoms with Crippen LogP contribution in [-0.4, -0.2) is 55.5 Å². The van der Waals surface area contributed by atoms with E-state index in [1.165, 1.54) is 0 Å². The molecule has 0 unspecified atom stereocenters. The normalized spacial score (nSPS) is 20.4. The molecule has 0 aromatic heterocycles.